The van der Waals surface area contributed by atoms with Crippen molar-refractivity contribution >= 4 is 44.4 Å². The third-order valence-electron chi connectivity index (χ3n) is 7.37. The first-order chi connectivity index (χ1) is 20.1. The number of benzene rings is 2. The molecule has 12 heteroatoms. The van der Waals surface area contributed by atoms with E-state index in [2.05, 4.69) is 25.3 Å². The number of fused-ring (bicyclic) bond motifs is 2. The fraction of sp³-hybridized carbons (Fsp3) is 0.333. The molecule has 1 aliphatic rings. The Labute approximate surface area is 245 Å². The third-order valence-corrected chi connectivity index (χ3v) is 8.42. The molecule has 42 heavy (non-hydrogen) atoms. The molecule has 1 aliphatic carbocycles. The van der Waals surface area contributed by atoms with Gasteiger partial charge in [-0.15, -0.1) is 11.3 Å². The molecule has 0 saturated heterocycles. The van der Waals surface area contributed by atoms with Gasteiger partial charge in [-0.1, -0.05) is 13.8 Å². The van der Waals surface area contributed by atoms with Crippen molar-refractivity contribution in [2.24, 2.45) is 5.41 Å². The van der Waals surface area contributed by atoms with E-state index in [1.54, 1.807) is 26.3 Å². The zero-order chi connectivity index (χ0) is 29.6. The van der Waals surface area contributed by atoms with Crippen molar-refractivity contribution in [2.45, 2.75) is 52.7 Å². The highest BCUT2D eigenvalue weighted by atomic mass is 32.1. The second-order valence-corrected chi connectivity index (χ2v) is 12.0. The fourth-order valence-corrected chi connectivity index (χ4v) is 6.19. The minimum Gasteiger partial charge on any atom is -0.483 e. The number of halogens is 1. The topological polar surface area (TPSA) is 121 Å². The molecular weight excluding hydrogens is 559 g/mol. The number of rotatable bonds is 6. The summed E-state index contributed by atoms with van der Waals surface area (Å²) < 4.78 is 33.4. The number of hydrogen-bond donors (Lipinski definition) is 1. The summed E-state index contributed by atoms with van der Waals surface area (Å²) in [6, 6.07) is 6.96. The molecule has 1 saturated carbocycles. The summed E-state index contributed by atoms with van der Waals surface area (Å²) in [5, 5.41) is 3.35. The van der Waals surface area contributed by atoms with Gasteiger partial charge >= 0.3 is 6.09 Å². The Morgan fingerprint density at radius 3 is 2.60 bits per heavy atom. The van der Waals surface area contributed by atoms with Gasteiger partial charge < -0.3 is 14.2 Å². The van der Waals surface area contributed by atoms with Gasteiger partial charge in [0.05, 0.1) is 52.6 Å². The van der Waals surface area contributed by atoms with Crippen LogP contribution in [0.2, 0.25) is 0 Å². The molecule has 10 nitrogen and oxygen atoms in total. The summed E-state index contributed by atoms with van der Waals surface area (Å²) in [5.74, 6) is 0.557. The average molecular weight is 589 g/mol. The second-order valence-electron chi connectivity index (χ2n) is 11.0. The highest BCUT2D eigenvalue weighted by molar-refractivity contribution is 7.21. The van der Waals surface area contributed by atoms with Gasteiger partial charge in [-0.05, 0) is 44.4 Å². The summed E-state index contributed by atoms with van der Waals surface area (Å²) in [7, 11) is 1.55. The number of thiazole rings is 1. The van der Waals surface area contributed by atoms with Gasteiger partial charge in [-0.25, -0.2) is 34.1 Å². The molecule has 1 amide bonds. The molecule has 2 aromatic carbocycles. The summed E-state index contributed by atoms with van der Waals surface area (Å²) in [4.78, 5) is 34.7. The lowest BCUT2D eigenvalue weighted by atomic mass is 9.89. The number of methoxy groups -OCH3 is 1. The maximum atomic E-state index is 15.4. The van der Waals surface area contributed by atoms with Crippen LogP contribution in [0.15, 0.2) is 42.9 Å². The molecule has 6 rings (SSSR count). The van der Waals surface area contributed by atoms with E-state index in [1.165, 1.54) is 29.8 Å². The van der Waals surface area contributed by atoms with Crippen molar-refractivity contribution < 1.29 is 23.4 Å². The number of anilines is 1. The van der Waals surface area contributed by atoms with E-state index in [0.29, 0.717) is 45.4 Å². The number of carbonyl (C=O) groups is 1. The zero-order valence-corrected chi connectivity index (χ0v) is 24.6. The first-order valence-electron chi connectivity index (χ1n) is 13.4. The van der Waals surface area contributed by atoms with Crippen molar-refractivity contribution in [3.8, 4) is 22.2 Å². The van der Waals surface area contributed by atoms with Crippen molar-refractivity contribution in [3.63, 3.8) is 0 Å². The Morgan fingerprint density at radius 2 is 1.83 bits per heavy atom. The predicted molar refractivity (Wildman–Crippen MR) is 157 cm³/mol. The number of aromatic nitrogens is 5. The van der Waals surface area contributed by atoms with Crippen LogP contribution in [0.5, 0.6) is 11.6 Å². The van der Waals surface area contributed by atoms with Crippen LogP contribution in [0.3, 0.4) is 0 Å². The summed E-state index contributed by atoms with van der Waals surface area (Å²) in [6.07, 6.45) is 4.13. The maximum Gasteiger partial charge on any atom is 0.412 e. The Bertz CT molecular complexity index is 1810. The van der Waals surface area contributed by atoms with Gasteiger partial charge in [0.25, 0.3) is 0 Å². The van der Waals surface area contributed by atoms with E-state index in [-0.39, 0.29) is 11.2 Å². The Balaban J connectivity index is 1.26. The molecule has 0 spiro atoms. The molecule has 2 unspecified atom stereocenters. The molecule has 1 N–H and O–H groups in total. The van der Waals surface area contributed by atoms with Gasteiger partial charge in [0.2, 0.25) is 5.88 Å². The Kier molecular flexibility index (Phi) is 7.09. The largest absolute Gasteiger partial charge is 0.483 e. The number of nitrogens with one attached hydrogen (secondary N) is 1. The van der Waals surface area contributed by atoms with Crippen LogP contribution < -0.4 is 14.8 Å². The van der Waals surface area contributed by atoms with Gasteiger partial charge in [-0.2, -0.15) is 0 Å². The number of ether oxygens (including phenoxy) is 3. The van der Waals surface area contributed by atoms with Gasteiger partial charge in [0.1, 0.15) is 23.0 Å². The summed E-state index contributed by atoms with van der Waals surface area (Å²) in [6.45, 7) is 7.73. The zero-order valence-electron chi connectivity index (χ0n) is 23.8. The smallest absolute Gasteiger partial charge is 0.412 e. The SMILES string of the molecule is COc1cnc2c(-c3nc4cc(F)c(OC5CCC(C)(C)C5OC(=O)Nc5cnc(C)nc5)cc4s3)cc(C)cc2n1. The third kappa shape index (κ3) is 5.41. The highest BCUT2D eigenvalue weighted by Gasteiger charge is 2.46. The number of amides is 1. The van der Waals surface area contributed by atoms with Crippen molar-refractivity contribution in [3.05, 3.63) is 60.1 Å². The second kappa shape index (κ2) is 10.8. The van der Waals surface area contributed by atoms with Crippen LogP contribution in [0.25, 0.3) is 31.8 Å². The van der Waals surface area contributed by atoms with Crippen LogP contribution in [-0.2, 0) is 4.74 Å². The average Bonchev–Trinajstić information content (AvgIpc) is 3.48. The lowest BCUT2D eigenvalue weighted by molar-refractivity contribution is -0.00717. The van der Waals surface area contributed by atoms with E-state index in [0.717, 1.165) is 22.2 Å². The molecule has 216 valence electrons. The molecule has 3 heterocycles. The van der Waals surface area contributed by atoms with Gasteiger partial charge in [0, 0.05) is 23.1 Å². The van der Waals surface area contributed by atoms with Crippen molar-refractivity contribution in [2.75, 3.05) is 12.4 Å². The van der Waals surface area contributed by atoms with E-state index >= 15 is 4.39 Å². The van der Waals surface area contributed by atoms with Crippen LogP contribution in [0.4, 0.5) is 14.9 Å². The molecule has 0 aliphatic heterocycles. The quantitative estimate of drug-likeness (QED) is 0.232. The summed E-state index contributed by atoms with van der Waals surface area (Å²) >= 11 is 1.41. The van der Waals surface area contributed by atoms with E-state index in [1.807, 2.05) is 32.9 Å². The van der Waals surface area contributed by atoms with Crippen LogP contribution >= 0.6 is 11.3 Å². The van der Waals surface area contributed by atoms with E-state index < -0.39 is 24.1 Å². The van der Waals surface area contributed by atoms with Crippen LogP contribution in [-0.4, -0.2) is 50.3 Å². The van der Waals surface area contributed by atoms with Gasteiger partial charge in [0.15, 0.2) is 11.6 Å². The van der Waals surface area contributed by atoms with E-state index in [9.17, 15) is 4.79 Å². The Morgan fingerprint density at radius 1 is 1.05 bits per heavy atom. The molecular formula is C30H29FN6O4S. The number of hydrogen-bond acceptors (Lipinski definition) is 10. The normalized spacial score (nSPS) is 17.9. The van der Waals surface area contributed by atoms with Crippen LogP contribution in [0.1, 0.15) is 38.1 Å². The fourth-order valence-electron chi connectivity index (χ4n) is 5.19. The molecule has 5 aromatic rings. The molecule has 0 radical (unpaired) electrons. The first-order valence-corrected chi connectivity index (χ1v) is 14.3. The molecule has 0 bridgehead atoms. The monoisotopic (exact) mass is 588 g/mol. The van der Waals surface area contributed by atoms with Gasteiger partial charge in [-0.3, -0.25) is 5.32 Å². The number of carbonyl (C=O) groups excluding carboxylic acids is 1. The standard InChI is InChI=1S/C30H29FN6O4S/c1-15-8-18(26-21(9-15)36-25(39-5)14-34-26)28-37-20-10-19(31)23(11-24(20)42-28)40-22-6-7-30(3,4)27(22)41-29(38)35-17-12-32-16(2)33-13-17/h8-14,22,27H,6-7H2,1-5H3,(H,35,38). The number of nitrogens with zero attached hydrogens (tertiary/aromatic N) is 5. The summed E-state index contributed by atoms with van der Waals surface area (Å²) in [5.41, 5.74) is 3.72. The highest BCUT2D eigenvalue weighted by Crippen LogP contribution is 2.43. The Hall–Kier alpha value is -4.45. The maximum absolute atomic E-state index is 15.4. The van der Waals surface area contributed by atoms with Crippen molar-refractivity contribution in [1.29, 1.82) is 0 Å². The predicted octanol–water partition coefficient (Wildman–Crippen LogP) is 6.65. The molecule has 2 atom stereocenters. The lowest BCUT2D eigenvalue weighted by Crippen LogP contribution is -2.40. The minimum atomic E-state index is -0.648. The lowest BCUT2D eigenvalue weighted by Gasteiger charge is -2.30. The first kappa shape index (κ1) is 27.7. The molecule has 1 fully saturated rings. The van der Waals surface area contributed by atoms with Crippen molar-refractivity contribution in [1.82, 2.24) is 24.9 Å². The number of aryl methyl sites for hydroxylation is 2. The molecule has 3 aromatic heterocycles. The van der Waals surface area contributed by atoms with E-state index in [4.69, 9.17) is 19.2 Å². The minimum absolute atomic E-state index is 0.0833. The van der Waals surface area contributed by atoms with Crippen LogP contribution in [0, 0.1) is 25.1 Å².